The van der Waals surface area contributed by atoms with Gasteiger partial charge >= 0.3 is 0 Å². The number of hydrogen-bond donors (Lipinski definition) is 0. The van der Waals surface area contributed by atoms with Gasteiger partial charge in [-0.25, -0.2) is 0 Å². The van der Waals surface area contributed by atoms with Crippen molar-refractivity contribution in [3.05, 3.63) is 50.9 Å². The molecule has 0 N–H and O–H groups in total. The fourth-order valence-corrected chi connectivity index (χ4v) is 3.11. The van der Waals surface area contributed by atoms with Crippen molar-refractivity contribution in [1.29, 1.82) is 0 Å². The molecule has 1 heterocycles. The number of rotatable bonds is 4. The summed E-state index contributed by atoms with van der Waals surface area (Å²) in [6, 6.07) is 10.2. The van der Waals surface area contributed by atoms with Crippen LogP contribution in [0.4, 0.5) is 0 Å². The Kier molecular flexibility index (Phi) is 4.16. The number of carbonyl (C=O) groups excluding carboxylic acids is 1. The molecular weight excluding hydrogens is 339 g/mol. The van der Waals surface area contributed by atoms with Gasteiger partial charge in [0, 0.05) is 0 Å². The standard InChI is InChI=1S/C14H15IN2O/c1-10(2)14-13(15)12(9-18)16-17(14)8-11-6-4-3-5-7-11/h3-7,9-10H,8H2,1-2H3. The average molecular weight is 354 g/mol. The van der Waals surface area contributed by atoms with E-state index < -0.39 is 0 Å². The van der Waals surface area contributed by atoms with E-state index in [2.05, 4.69) is 53.7 Å². The summed E-state index contributed by atoms with van der Waals surface area (Å²) in [6.45, 7) is 4.95. The van der Waals surface area contributed by atoms with E-state index in [9.17, 15) is 4.79 Å². The maximum atomic E-state index is 11.0. The minimum absolute atomic E-state index is 0.349. The molecule has 0 radical (unpaired) electrons. The summed E-state index contributed by atoms with van der Waals surface area (Å²) < 4.78 is 2.90. The molecule has 0 bridgehead atoms. The van der Waals surface area contributed by atoms with E-state index in [0.717, 1.165) is 15.6 Å². The summed E-state index contributed by atoms with van der Waals surface area (Å²) in [5.41, 5.74) is 2.85. The lowest BCUT2D eigenvalue weighted by Gasteiger charge is -2.10. The van der Waals surface area contributed by atoms with Gasteiger partial charge in [0.15, 0.2) is 6.29 Å². The number of aromatic nitrogens is 2. The highest BCUT2D eigenvalue weighted by atomic mass is 127. The third kappa shape index (κ3) is 2.63. The summed E-state index contributed by atoms with van der Waals surface area (Å²) in [5, 5.41) is 4.39. The van der Waals surface area contributed by atoms with E-state index in [1.54, 1.807) is 0 Å². The number of halogens is 1. The molecule has 0 aliphatic rings. The number of aldehydes is 1. The molecule has 18 heavy (non-hydrogen) atoms. The van der Waals surface area contributed by atoms with Crippen molar-refractivity contribution in [1.82, 2.24) is 9.78 Å². The lowest BCUT2D eigenvalue weighted by Crippen LogP contribution is -2.08. The van der Waals surface area contributed by atoms with Crippen LogP contribution in [0, 0.1) is 3.57 Å². The van der Waals surface area contributed by atoms with Gasteiger partial charge in [-0.1, -0.05) is 44.2 Å². The van der Waals surface area contributed by atoms with Crippen LogP contribution in [0.1, 0.15) is 41.5 Å². The van der Waals surface area contributed by atoms with Gasteiger partial charge in [-0.2, -0.15) is 5.10 Å². The second-order valence-electron chi connectivity index (χ2n) is 4.50. The molecule has 0 atom stereocenters. The Morgan fingerprint density at radius 3 is 2.56 bits per heavy atom. The van der Waals surface area contributed by atoms with Gasteiger partial charge in [-0.15, -0.1) is 0 Å². The van der Waals surface area contributed by atoms with Gasteiger partial charge in [0.1, 0.15) is 5.69 Å². The molecule has 0 saturated carbocycles. The molecule has 0 spiro atoms. The summed E-state index contributed by atoms with van der Waals surface area (Å²) in [7, 11) is 0. The van der Waals surface area contributed by atoms with Crippen molar-refractivity contribution < 1.29 is 4.79 Å². The van der Waals surface area contributed by atoms with Crippen molar-refractivity contribution in [3.8, 4) is 0 Å². The van der Waals surface area contributed by atoms with Crippen LogP contribution in [0.2, 0.25) is 0 Å². The van der Waals surface area contributed by atoms with Crippen LogP contribution < -0.4 is 0 Å². The predicted molar refractivity (Wildman–Crippen MR) is 80.0 cm³/mol. The quantitative estimate of drug-likeness (QED) is 0.623. The molecule has 0 aliphatic heterocycles. The van der Waals surface area contributed by atoms with Crippen molar-refractivity contribution >= 4 is 28.9 Å². The molecule has 94 valence electrons. The SMILES string of the molecule is CC(C)c1c(I)c(C=O)nn1Cc1ccccc1. The monoisotopic (exact) mass is 354 g/mol. The topological polar surface area (TPSA) is 34.9 Å². The van der Waals surface area contributed by atoms with E-state index in [-0.39, 0.29) is 0 Å². The highest BCUT2D eigenvalue weighted by Gasteiger charge is 2.17. The fourth-order valence-electron chi connectivity index (χ4n) is 1.98. The van der Waals surface area contributed by atoms with Gasteiger partial charge in [0.05, 0.1) is 15.8 Å². The second-order valence-corrected chi connectivity index (χ2v) is 5.58. The lowest BCUT2D eigenvalue weighted by atomic mass is 10.1. The zero-order valence-electron chi connectivity index (χ0n) is 10.4. The highest BCUT2D eigenvalue weighted by Crippen LogP contribution is 2.24. The normalized spacial score (nSPS) is 10.9. The molecule has 0 saturated heterocycles. The Labute approximate surface area is 120 Å². The van der Waals surface area contributed by atoms with E-state index in [4.69, 9.17) is 0 Å². The Hall–Kier alpha value is -1.17. The summed E-state index contributed by atoms with van der Waals surface area (Å²) in [5.74, 6) is 0.349. The second kappa shape index (κ2) is 5.65. The Balaban J connectivity index is 2.41. The molecule has 2 aromatic rings. The highest BCUT2D eigenvalue weighted by molar-refractivity contribution is 14.1. The third-order valence-corrected chi connectivity index (χ3v) is 3.90. The number of hydrogen-bond acceptors (Lipinski definition) is 2. The first-order valence-electron chi connectivity index (χ1n) is 5.88. The number of carbonyl (C=O) groups is 1. The van der Waals surface area contributed by atoms with E-state index in [0.29, 0.717) is 18.2 Å². The molecule has 1 aromatic carbocycles. The zero-order valence-corrected chi connectivity index (χ0v) is 12.6. The maximum absolute atomic E-state index is 11.0. The predicted octanol–water partition coefficient (Wildman–Crippen LogP) is 3.47. The zero-order chi connectivity index (χ0) is 13.1. The average Bonchev–Trinajstić information content (AvgIpc) is 2.66. The van der Waals surface area contributed by atoms with Crippen molar-refractivity contribution in [2.75, 3.05) is 0 Å². The van der Waals surface area contributed by atoms with Crippen molar-refractivity contribution in [2.24, 2.45) is 0 Å². The van der Waals surface area contributed by atoms with E-state index >= 15 is 0 Å². The van der Waals surface area contributed by atoms with Gasteiger partial charge < -0.3 is 0 Å². The summed E-state index contributed by atoms with van der Waals surface area (Å²) in [6.07, 6.45) is 0.829. The van der Waals surface area contributed by atoms with Gasteiger partial charge in [-0.05, 0) is 34.1 Å². The van der Waals surface area contributed by atoms with Crippen LogP contribution in [-0.2, 0) is 6.54 Å². The Morgan fingerprint density at radius 1 is 1.33 bits per heavy atom. The van der Waals surface area contributed by atoms with Crippen LogP contribution in [-0.4, -0.2) is 16.1 Å². The first-order valence-corrected chi connectivity index (χ1v) is 6.96. The first kappa shape index (κ1) is 13.3. The molecule has 0 aliphatic carbocycles. The number of benzene rings is 1. The third-order valence-electron chi connectivity index (χ3n) is 2.79. The molecule has 1 aromatic heterocycles. The maximum Gasteiger partial charge on any atom is 0.171 e. The largest absolute Gasteiger partial charge is 0.296 e. The molecule has 0 amide bonds. The van der Waals surface area contributed by atoms with Gasteiger partial charge in [-0.3, -0.25) is 9.48 Å². The minimum Gasteiger partial charge on any atom is -0.296 e. The van der Waals surface area contributed by atoms with Gasteiger partial charge in [0.25, 0.3) is 0 Å². The molecule has 4 heteroatoms. The Morgan fingerprint density at radius 2 is 2.00 bits per heavy atom. The van der Waals surface area contributed by atoms with Crippen molar-refractivity contribution in [3.63, 3.8) is 0 Å². The summed E-state index contributed by atoms with van der Waals surface area (Å²) in [4.78, 5) is 11.0. The van der Waals surface area contributed by atoms with Crippen LogP contribution in [0.25, 0.3) is 0 Å². The first-order chi connectivity index (χ1) is 8.63. The van der Waals surface area contributed by atoms with Crippen LogP contribution in [0.15, 0.2) is 30.3 Å². The van der Waals surface area contributed by atoms with E-state index in [1.807, 2.05) is 22.9 Å². The Bertz CT molecular complexity index is 546. The van der Waals surface area contributed by atoms with E-state index in [1.165, 1.54) is 5.56 Å². The van der Waals surface area contributed by atoms with Crippen molar-refractivity contribution in [2.45, 2.75) is 26.3 Å². The number of nitrogens with zero attached hydrogens (tertiary/aromatic N) is 2. The lowest BCUT2D eigenvalue weighted by molar-refractivity contribution is 0.111. The smallest absolute Gasteiger partial charge is 0.171 e. The summed E-state index contributed by atoms with van der Waals surface area (Å²) >= 11 is 2.21. The molecule has 3 nitrogen and oxygen atoms in total. The fraction of sp³-hybridized carbons (Fsp3) is 0.286. The molecule has 0 unspecified atom stereocenters. The van der Waals surface area contributed by atoms with Gasteiger partial charge in [0.2, 0.25) is 0 Å². The molecule has 0 fully saturated rings. The van der Waals surface area contributed by atoms with Crippen LogP contribution >= 0.6 is 22.6 Å². The van der Waals surface area contributed by atoms with Crippen LogP contribution in [0.3, 0.4) is 0 Å². The molecule has 2 rings (SSSR count). The molecular formula is C14H15IN2O. The minimum atomic E-state index is 0.349. The van der Waals surface area contributed by atoms with Crippen LogP contribution in [0.5, 0.6) is 0 Å².